The minimum absolute atomic E-state index is 0.0334. The summed E-state index contributed by atoms with van der Waals surface area (Å²) in [5.41, 5.74) is 0. The number of nitrogens with zero attached hydrogens (tertiary/aromatic N) is 1. The summed E-state index contributed by atoms with van der Waals surface area (Å²) < 4.78 is 38.1. The van der Waals surface area contributed by atoms with Gasteiger partial charge in [-0.3, -0.25) is 4.79 Å². The Hall–Kier alpha value is -0.740. The van der Waals surface area contributed by atoms with Gasteiger partial charge in [0.15, 0.2) is 0 Å². The fourth-order valence-corrected chi connectivity index (χ4v) is 2.59. The molecule has 0 heterocycles. The van der Waals surface area contributed by atoms with E-state index in [2.05, 4.69) is 13.8 Å². The Balaban J connectivity index is 2.52. The number of rotatable bonds is 4. The summed E-state index contributed by atoms with van der Waals surface area (Å²) in [6, 6.07) is 0. The van der Waals surface area contributed by atoms with Gasteiger partial charge in [-0.15, -0.1) is 0 Å². The normalized spacial score (nSPS) is 24.6. The van der Waals surface area contributed by atoms with Crippen LogP contribution in [0.1, 0.15) is 46.0 Å². The lowest BCUT2D eigenvalue weighted by Gasteiger charge is -2.32. The van der Waals surface area contributed by atoms with Crippen molar-refractivity contribution in [1.29, 1.82) is 0 Å². The topological polar surface area (TPSA) is 20.3 Å². The maximum Gasteiger partial charge on any atom is 0.391 e. The van der Waals surface area contributed by atoms with Crippen molar-refractivity contribution in [3.63, 3.8) is 0 Å². The van der Waals surface area contributed by atoms with Gasteiger partial charge < -0.3 is 4.90 Å². The molecular weight excluding hydrogens is 255 g/mol. The minimum Gasteiger partial charge on any atom is -0.346 e. The number of hydrogen-bond acceptors (Lipinski definition) is 1. The van der Waals surface area contributed by atoms with Crippen molar-refractivity contribution in [2.75, 3.05) is 13.6 Å². The Labute approximate surface area is 113 Å². The summed E-state index contributed by atoms with van der Waals surface area (Å²) in [6.45, 7) is 4.76. The van der Waals surface area contributed by atoms with Gasteiger partial charge in [0.05, 0.1) is 5.92 Å². The molecule has 0 aromatic carbocycles. The Bertz CT molecular complexity index is 302. The smallest absolute Gasteiger partial charge is 0.346 e. The van der Waals surface area contributed by atoms with E-state index in [1.54, 1.807) is 11.9 Å². The summed E-state index contributed by atoms with van der Waals surface area (Å²) in [6.07, 6.45) is -2.04. The quantitative estimate of drug-likeness (QED) is 0.765. The molecule has 19 heavy (non-hydrogen) atoms. The molecule has 0 saturated heterocycles. The SMILES string of the molecule is CC(C)CCN(C)C(=O)[C@@H]1CCC[C@@H](C(F)(F)F)C1. The van der Waals surface area contributed by atoms with Gasteiger partial charge in [-0.25, -0.2) is 0 Å². The van der Waals surface area contributed by atoms with Crippen LogP contribution in [0.2, 0.25) is 0 Å². The van der Waals surface area contributed by atoms with Crippen LogP contribution >= 0.6 is 0 Å². The number of carbonyl (C=O) groups is 1. The second kappa shape index (κ2) is 6.62. The zero-order valence-electron chi connectivity index (χ0n) is 12.0. The first kappa shape index (κ1) is 16.3. The lowest BCUT2D eigenvalue weighted by molar-refractivity contribution is -0.187. The summed E-state index contributed by atoms with van der Waals surface area (Å²) in [5, 5.41) is 0. The van der Waals surface area contributed by atoms with Crippen molar-refractivity contribution < 1.29 is 18.0 Å². The maximum atomic E-state index is 12.7. The van der Waals surface area contributed by atoms with Gasteiger partial charge >= 0.3 is 6.18 Å². The van der Waals surface area contributed by atoms with Gasteiger partial charge in [-0.1, -0.05) is 20.3 Å². The van der Waals surface area contributed by atoms with Crippen molar-refractivity contribution in [3.8, 4) is 0 Å². The highest BCUT2D eigenvalue weighted by molar-refractivity contribution is 5.78. The van der Waals surface area contributed by atoms with Crippen molar-refractivity contribution >= 4 is 5.91 Å². The van der Waals surface area contributed by atoms with Gasteiger partial charge in [0.25, 0.3) is 0 Å². The lowest BCUT2D eigenvalue weighted by atomic mass is 9.80. The Kier molecular flexibility index (Phi) is 5.68. The molecule has 0 unspecified atom stereocenters. The standard InChI is InChI=1S/C14H24F3NO/c1-10(2)7-8-18(3)13(19)11-5-4-6-12(9-11)14(15,16)17/h10-12H,4-9H2,1-3H3/t11-,12-/m1/s1. The van der Waals surface area contributed by atoms with Gasteiger partial charge in [-0.05, 0) is 31.6 Å². The number of amides is 1. The third-order valence-electron chi connectivity index (χ3n) is 3.90. The van der Waals surface area contributed by atoms with Crippen LogP contribution in [0.5, 0.6) is 0 Å². The first-order valence-corrected chi connectivity index (χ1v) is 7.03. The first-order valence-electron chi connectivity index (χ1n) is 7.03. The van der Waals surface area contributed by atoms with E-state index >= 15 is 0 Å². The molecule has 1 aliphatic rings. The molecule has 1 rings (SSSR count). The fourth-order valence-electron chi connectivity index (χ4n) is 2.59. The molecule has 1 saturated carbocycles. The van der Waals surface area contributed by atoms with Crippen molar-refractivity contribution in [2.45, 2.75) is 52.1 Å². The van der Waals surface area contributed by atoms with Gasteiger partial charge in [0.2, 0.25) is 5.91 Å². The molecule has 0 spiro atoms. The number of alkyl halides is 3. The van der Waals surface area contributed by atoms with Crippen LogP contribution in [-0.4, -0.2) is 30.6 Å². The number of hydrogen-bond donors (Lipinski definition) is 0. The highest BCUT2D eigenvalue weighted by Gasteiger charge is 2.43. The fraction of sp³-hybridized carbons (Fsp3) is 0.929. The second-order valence-electron chi connectivity index (χ2n) is 6.04. The van der Waals surface area contributed by atoms with E-state index in [0.29, 0.717) is 25.3 Å². The zero-order chi connectivity index (χ0) is 14.6. The largest absolute Gasteiger partial charge is 0.391 e. The van der Waals surface area contributed by atoms with E-state index in [4.69, 9.17) is 0 Å². The molecule has 2 nitrogen and oxygen atoms in total. The molecule has 1 aliphatic carbocycles. The molecule has 5 heteroatoms. The predicted molar refractivity (Wildman–Crippen MR) is 68.6 cm³/mol. The molecule has 0 N–H and O–H groups in total. The Morgan fingerprint density at radius 3 is 2.47 bits per heavy atom. The molecule has 112 valence electrons. The molecule has 0 aromatic rings. The van der Waals surface area contributed by atoms with Crippen LogP contribution in [0.15, 0.2) is 0 Å². The van der Waals surface area contributed by atoms with E-state index in [-0.39, 0.29) is 18.7 Å². The predicted octanol–water partition coefficient (Wildman–Crippen LogP) is 3.86. The molecule has 0 aromatic heterocycles. The molecule has 0 aliphatic heterocycles. The Morgan fingerprint density at radius 1 is 1.32 bits per heavy atom. The molecule has 2 atom stereocenters. The second-order valence-corrected chi connectivity index (χ2v) is 6.04. The molecule has 1 fully saturated rings. The maximum absolute atomic E-state index is 12.7. The van der Waals surface area contributed by atoms with Crippen LogP contribution < -0.4 is 0 Å². The average molecular weight is 279 g/mol. The van der Waals surface area contributed by atoms with Crippen LogP contribution in [0.4, 0.5) is 13.2 Å². The van der Waals surface area contributed by atoms with Gasteiger partial charge in [0, 0.05) is 19.5 Å². The molecule has 0 bridgehead atoms. The highest BCUT2D eigenvalue weighted by Crippen LogP contribution is 2.40. The van der Waals surface area contributed by atoms with Crippen LogP contribution in [0.25, 0.3) is 0 Å². The van der Waals surface area contributed by atoms with Crippen LogP contribution in [0, 0.1) is 17.8 Å². The summed E-state index contributed by atoms with van der Waals surface area (Å²) in [7, 11) is 1.70. The van der Waals surface area contributed by atoms with Gasteiger partial charge in [0.1, 0.15) is 0 Å². The van der Waals surface area contributed by atoms with E-state index < -0.39 is 18.0 Å². The lowest BCUT2D eigenvalue weighted by Crippen LogP contribution is -2.39. The van der Waals surface area contributed by atoms with E-state index in [1.165, 1.54) is 0 Å². The van der Waals surface area contributed by atoms with Crippen molar-refractivity contribution in [1.82, 2.24) is 4.90 Å². The molecule has 0 radical (unpaired) electrons. The monoisotopic (exact) mass is 279 g/mol. The summed E-state index contributed by atoms with van der Waals surface area (Å²) in [4.78, 5) is 13.7. The third kappa shape index (κ3) is 5.03. The van der Waals surface area contributed by atoms with Crippen LogP contribution in [0.3, 0.4) is 0 Å². The Morgan fingerprint density at radius 2 is 1.95 bits per heavy atom. The summed E-state index contributed by atoms with van der Waals surface area (Å²) >= 11 is 0. The first-order chi connectivity index (χ1) is 8.71. The van der Waals surface area contributed by atoms with E-state index in [9.17, 15) is 18.0 Å². The van der Waals surface area contributed by atoms with Crippen LogP contribution in [-0.2, 0) is 4.79 Å². The molecular formula is C14H24F3NO. The van der Waals surface area contributed by atoms with E-state index in [0.717, 1.165) is 6.42 Å². The zero-order valence-corrected chi connectivity index (χ0v) is 12.0. The number of carbonyl (C=O) groups excluding carboxylic acids is 1. The van der Waals surface area contributed by atoms with Crippen molar-refractivity contribution in [3.05, 3.63) is 0 Å². The average Bonchev–Trinajstić information content (AvgIpc) is 2.34. The highest BCUT2D eigenvalue weighted by atomic mass is 19.4. The molecule has 1 amide bonds. The summed E-state index contributed by atoms with van der Waals surface area (Å²) in [5.74, 6) is -1.37. The minimum atomic E-state index is -4.16. The van der Waals surface area contributed by atoms with Crippen molar-refractivity contribution in [2.24, 2.45) is 17.8 Å². The third-order valence-corrected chi connectivity index (χ3v) is 3.90. The number of halogens is 3. The van der Waals surface area contributed by atoms with Gasteiger partial charge in [-0.2, -0.15) is 13.2 Å². The van der Waals surface area contributed by atoms with E-state index in [1.807, 2.05) is 0 Å².